The third-order valence-corrected chi connectivity index (χ3v) is 11.1. The number of cyclic esters (lactones) is 2. The highest BCUT2D eigenvalue weighted by Crippen LogP contribution is 2.69. The lowest BCUT2D eigenvalue weighted by Crippen LogP contribution is -2.53. The second-order valence-corrected chi connectivity index (χ2v) is 13.2. The summed E-state index contributed by atoms with van der Waals surface area (Å²) in [6, 6.07) is 0. The number of rotatable bonds is 3. The first-order valence-electron chi connectivity index (χ1n) is 14.3. The zero-order valence-corrected chi connectivity index (χ0v) is 24.3. The fraction of sp³-hybridized carbons (Fsp3) is 0.656. The molecule has 7 atom stereocenters. The highest BCUT2D eigenvalue weighted by molar-refractivity contribution is 5.88. The number of hydrogen-bond acceptors (Lipinski definition) is 7. The van der Waals surface area contributed by atoms with Crippen LogP contribution in [0.25, 0.3) is 0 Å². The van der Waals surface area contributed by atoms with Crippen molar-refractivity contribution in [2.75, 3.05) is 0 Å². The van der Waals surface area contributed by atoms with Gasteiger partial charge in [-0.1, -0.05) is 38.5 Å². The van der Waals surface area contributed by atoms with Crippen molar-refractivity contribution in [1.82, 2.24) is 0 Å². The fourth-order valence-electron chi connectivity index (χ4n) is 8.44. The smallest absolute Gasteiger partial charge is 0.333 e. The zero-order valence-electron chi connectivity index (χ0n) is 24.3. The molecule has 2 aliphatic heterocycles. The Morgan fingerprint density at radius 1 is 1.13 bits per heavy atom. The van der Waals surface area contributed by atoms with Crippen molar-refractivity contribution in [3.05, 3.63) is 46.6 Å². The predicted molar refractivity (Wildman–Crippen MR) is 145 cm³/mol. The number of carbonyl (C=O) groups is 3. The van der Waals surface area contributed by atoms with E-state index < -0.39 is 22.6 Å². The number of allylic oxidation sites excluding steroid dienone is 2. The van der Waals surface area contributed by atoms with Gasteiger partial charge in [0.2, 0.25) is 0 Å². The van der Waals surface area contributed by atoms with Gasteiger partial charge in [0.25, 0.3) is 0 Å². The lowest BCUT2D eigenvalue weighted by molar-refractivity contribution is -0.173. The molecule has 7 heteroatoms. The van der Waals surface area contributed by atoms with Crippen LogP contribution in [0.1, 0.15) is 87.0 Å². The van der Waals surface area contributed by atoms with Gasteiger partial charge in [-0.25, -0.2) is 9.59 Å². The Morgan fingerprint density at radius 2 is 1.85 bits per heavy atom. The van der Waals surface area contributed by atoms with Crippen molar-refractivity contribution in [2.24, 2.45) is 22.7 Å². The largest absolute Gasteiger partial charge is 0.462 e. The molecule has 0 saturated heterocycles. The van der Waals surface area contributed by atoms with Crippen molar-refractivity contribution in [3.8, 4) is 0 Å². The van der Waals surface area contributed by atoms with E-state index in [9.17, 15) is 19.5 Å². The molecule has 2 heterocycles. The van der Waals surface area contributed by atoms with Gasteiger partial charge in [0.15, 0.2) is 0 Å². The van der Waals surface area contributed by atoms with E-state index in [-0.39, 0.29) is 41.4 Å². The maximum Gasteiger partial charge on any atom is 0.333 e. The highest BCUT2D eigenvalue weighted by Gasteiger charge is 2.66. The van der Waals surface area contributed by atoms with Gasteiger partial charge in [-0.15, -0.1) is 0 Å². The van der Waals surface area contributed by atoms with E-state index in [0.717, 1.165) is 18.4 Å². The van der Waals surface area contributed by atoms with E-state index in [1.165, 1.54) is 18.6 Å². The van der Waals surface area contributed by atoms with Crippen LogP contribution in [0, 0.1) is 22.7 Å². The first kappa shape index (κ1) is 27.9. The summed E-state index contributed by atoms with van der Waals surface area (Å²) in [6.45, 7) is 13.5. The Kier molecular flexibility index (Phi) is 6.57. The second-order valence-electron chi connectivity index (χ2n) is 13.2. The molecule has 1 fully saturated rings. The molecule has 0 bridgehead atoms. The summed E-state index contributed by atoms with van der Waals surface area (Å²) in [7, 11) is 0. The van der Waals surface area contributed by atoms with Gasteiger partial charge in [-0.2, -0.15) is 0 Å². The van der Waals surface area contributed by atoms with Crippen LogP contribution in [0.5, 0.6) is 0 Å². The van der Waals surface area contributed by atoms with Crippen LogP contribution in [0.4, 0.5) is 0 Å². The Bertz CT molecular complexity index is 1230. The zero-order chi connectivity index (χ0) is 28.5. The Hall–Kier alpha value is -2.67. The minimum Gasteiger partial charge on any atom is -0.462 e. The van der Waals surface area contributed by atoms with Crippen LogP contribution < -0.4 is 0 Å². The molecule has 0 amide bonds. The van der Waals surface area contributed by atoms with Gasteiger partial charge in [-0.05, 0) is 87.3 Å². The van der Waals surface area contributed by atoms with Crippen LogP contribution >= 0.6 is 0 Å². The summed E-state index contributed by atoms with van der Waals surface area (Å²) in [5.41, 5.74) is 0.506. The van der Waals surface area contributed by atoms with Crippen molar-refractivity contribution in [2.45, 2.75) is 110 Å². The number of esters is 3. The molecule has 0 aromatic rings. The quantitative estimate of drug-likeness (QED) is 0.385. The van der Waals surface area contributed by atoms with Crippen molar-refractivity contribution in [3.63, 3.8) is 0 Å². The molecular formula is C32H42O7. The van der Waals surface area contributed by atoms with Gasteiger partial charge in [0.1, 0.15) is 23.4 Å². The topological polar surface area (TPSA) is 99.1 Å². The van der Waals surface area contributed by atoms with Crippen molar-refractivity contribution >= 4 is 17.9 Å². The molecule has 0 aromatic heterocycles. The van der Waals surface area contributed by atoms with Crippen LogP contribution in [0.2, 0.25) is 0 Å². The summed E-state index contributed by atoms with van der Waals surface area (Å²) in [5.74, 6) is -0.791. The predicted octanol–water partition coefficient (Wildman–Crippen LogP) is 5.28. The third kappa shape index (κ3) is 4.06. The Morgan fingerprint density at radius 3 is 2.51 bits per heavy atom. The molecule has 0 spiro atoms. The van der Waals surface area contributed by atoms with E-state index in [1.54, 1.807) is 26.8 Å². The summed E-state index contributed by atoms with van der Waals surface area (Å²) >= 11 is 0. The maximum absolute atomic E-state index is 12.4. The monoisotopic (exact) mass is 538 g/mol. The minimum absolute atomic E-state index is 0.0750. The average molecular weight is 539 g/mol. The number of hydrogen-bond donors (Lipinski definition) is 1. The molecule has 0 radical (unpaired) electrons. The molecule has 1 saturated carbocycles. The Labute approximate surface area is 231 Å². The molecule has 5 aliphatic rings. The molecule has 0 unspecified atom stereocenters. The van der Waals surface area contributed by atoms with E-state index in [4.69, 9.17) is 14.2 Å². The van der Waals surface area contributed by atoms with Crippen LogP contribution in [0.3, 0.4) is 0 Å². The molecule has 3 aliphatic carbocycles. The van der Waals surface area contributed by atoms with Gasteiger partial charge >= 0.3 is 17.9 Å². The summed E-state index contributed by atoms with van der Waals surface area (Å²) < 4.78 is 17.6. The second kappa shape index (κ2) is 9.18. The number of ether oxygens (including phenoxy) is 3. The highest BCUT2D eigenvalue weighted by atomic mass is 16.6. The SMILES string of the molecule is CC(=O)O[C@@H]1C[C@H]([C@H](C)[C@H]2CC=C(C)C(=O)O2)[C@@]2(C)CCC3=C(CC[C@]4(O)C(=C3)C=CC(=O)OC4(C)C)[C@]12C. The molecule has 1 N–H and O–H groups in total. The molecule has 212 valence electrons. The summed E-state index contributed by atoms with van der Waals surface area (Å²) in [5, 5.41) is 12.0. The van der Waals surface area contributed by atoms with Gasteiger partial charge in [0.05, 0.1) is 0 Å². The third-order valence-electron chi connectivity index (χ3n) is 11.1. The van der Waals surface area contributed by atoms with Crippen molar-refractivity contribution < 1.29 is 33.7 Å². The minimum atomic E-state index is -1.36. The van der Waals surface area contributed by atoms with E-state index in [0.29, 0.717) is 36.8 Å². The normalized spacial score (nSPS) is 40.1. The van der Waals surface area contributed by atoms with Crippen molar-refractivity contribution in [1.29, 1.82) is 0 Å². The standard InChI is InChI=1S/C32H42O7/c1-18-8-10-25(38-28(18)35)19(2)24-17-26(37-20(3)33)31(7)23-13-15-32(36)22(9-11-27(34)39-29(32,4)5)16-21(23)12-14-30(24,31)6/h8-9,11,16,19,24-26,36H,10,12-15,17H2,1-7H3/t19-,24+,25+,26+,30+,31+,32-/m0/s1. The Balaban J connectivity index is 1.58. The lowest BCUT2D eigenvalue weighted by atomic mass is 9.52. The number of carbonyl (C=O) groups excluding carboxylic acids is 3. The lowest BCUT2D eigenvalue weighted by Gasteiger charge is -2.53. The van der Waals surface area contributed by atoms with Gasteiger partial charge in [-0.3, -0.25) is 4.79 Å². The number of fused-ring (bicyclic) bond motifs is 3. The van der Waals surface area contributed by atoms with E-state index >= 15 is 0 Å². The average Bonchev–Trinajstić information content (AvgIpc) is 2.93. The first-order valence-corrected chi connectivity index (χ1v) is 14.3. The maximum atomic E-state index is 12.4. The van der Waals surface area contributed by atoms with Gasteiger partial charge < -0.3 is 19.3 Å². The fourth-order valence-corrected chi connectivity index (χ4v) is 8.44. The summed E-state index contributed by atoms with van der Waals surface area (Å²) in [4.78, 5) is 37.1. The molecular weight excluding hydrogens is 496 g/mol. The van der Waals surface area contributed by atoms with E-state index in [2.05, 4.69) is 20.8 Å². The molecule has 7 nitrogen and oxygen atoms in total. The molecule has 5 rings (SSSR count). The van der Waals surface area contributed by atoms with Crippen LogP contribution in [0.15, 0.2) is 46.6 Å². The van der Waals surface area contributed by atoms with E-state index in [1.807, 2.05) is 12.2 Å². The molecule has 39 heavy (non-hydrogen) atoms. The molecule has 0 aromatic carbocycles. The van der Waals surface area contributed by atoms with Crippen LogP contribution in [-0.4, -0.2) is 46.4 Å². The number of aliphatic hydroxyl groups is 1. The first-order chi connectivity index (χ1) is 18.1. The van der Waals surface area contributed by atoms with Crippen LogP contribution in [-0.2, 0) is 28.6 Å². The summed E-state index contributed by atoms with van der Waals surface area (Å²) in [6.07, 6.45) is 10.6. The van der Waals surface area contributed by atoms with Gasteiger partial charge in [0, 0.05) is 30.4 Å².